The highest BCUT2D eigenvalue weighted by Gasteiger charge is 2.25. The summed E-state index contributed by atoms with van der Waals surface area (Å²) in [5.74, 6) is 2.71. The number of amides is 1. The molecule has 20 heavy (non-hydrogen) atoms. The zero-order chi connectivity index (χ0) is 14.5. The standard InChI is InChI=1S/C17H21NO2/c1-4-14-7-5-8-15(11-14)18(13(2)3)17(19)12-16-9-6-10-20-16/h1,5,7-8,11,13,16H,6,9-10,12H2,2-3H3. The maximum absolute atomic E-state index is 12.5. The second-order valence-corrected chi connectivity index (χ2v) is 5.39. The van der Waals surface area contributed by atoms with Crippen molar-refractivity contribution < 1.29 is 9.53 Å². The molecule has 106 valence electrons. The van der Waals surface area contributed by atoms with Crippen molar-refractivity contribution in [1.82, 2.24) is 0 Å². The van der Waals surface area contributed by atoms with E-state index in [-0.39, 0.29) is 18.1 Å². The zero-order valence-electron chi connectivity index (χ0n) is 12.1. The van der Waals surface area contributed by atoms with Crippen molar-refractivity contribution >= 4 is 11.6 Å². The molecule has 1 aromatic carbocycles. The monoisotopic (exact) mass is 271 g/mol. The zero-order valence-corrected chi connectivity index (χ0v) is 12.1. The van der Waals surface area contributed by atoms with Gasteiger partial charge in [-0.3, -0.25) is 4.79 Å². The summed E-state index contributed by atoms with van der Waals surface area (Å²) in [6.45, 7) is 4.79. The Kier molecular flexibility index (Phi) is 4.81. The molecule has 1 fully saturated rings. The second-order valence-electron chi connectivity index (χ2n) is 5.39. The van der Waals surface area contributed by atoms with E-state index in [4.69, 9.17) is 11.2 Å². The molecular formula is C17H21NO2. The van der Waals surface area contributed by atoms with Crippen LogP contribution in [0.4, 0.5) is 5.69 Å². The van der Waals surface area contributed by atoms with E-state index in [2.05, 4.69) is 5.92 Å². The highest BCUT2D eigenvalue weighted by molar-refractivity contribution is 5.94. The molecule has 1 amide bonds. The van der Waals surface area contributed by atoms with Crippen molar-refractivity contribution in [2.75, 3.05) is 11.5 Å². The highest BCUT2D eigenvalue weighted by Crippen LogP contribution is 2.23. The molecule has 2 rings (SSSR count). The van der Waals surface area contributed by atoms with E-state index in [0.29, 0.717) is 6.42 Å². The van der Waals surface area contributed by atoms with Gasteiger partial charge in [-0.2, -0.15) is 0 Å². The number of nitrogens with zero attached hydrogens (tertiary/aromatic N) is 1. The number of carbonyl (C=O) groups is 1. The summed E-state index contributed by atoms with van der Waals surface area (Å²) >= 11 is 0. The molecule has 1 aliphatic rings. The minimum atomic E-state index is 0.0690. The number of benzene rings is 1. The normalized spacial score (nSPS) is 18.0. The van der Waals surface area contributed by atoms with Crippen LogP contribution in [0.3, 0.4) is 0 Å². The van der Waals surface area contributed by atoms with E-state index in [0.717, 1.165) is 30.7 Å². The van der Waals surface area contributed by atoms with Crippen LogP contribution in [0.1, 0.15) is 38.7 Å². The first-order valence-corrected chi connectivity index (χ1v) is 7.12. The third-order valence-electron chi connectivity index (χ3n) is 3.50. The Balaban J connectivity index is 2.17. The van der Waals surface area contributed by atoms with Gasteiger partial charge in [0.05, 0.1) is 12.5 Å². The van der Waals surface area contributed by atoms with Gasteiger partial charge in [0.25, 0.3) is 0 Å². The minimum Gasteiger partial charge on any atom is -0.378 e. The fourth-order valence-corrected chi connectivity index (χ4v) is 2.57. The number of hydrogen-bond acceptors (Lipinski definition) is 2. The lowest BCUT2D eigenvalue weighted by Crippen LogP contribution is -2.38. The number of anilines is 1. The van der Waals surface area contributed by atoms with E-state index >= 15 is 0 Å². The van der Waals surface area contributed by atoms with E-state index in [1.54, 1.807) is 0 Å². The van der Waals surface area contributed by atoms with Crippen LogP contribution in [0.15, 0.2) is 24.3 Å². The Labute approximate surface area is 120 Å². The molecule has 0 N–H and O–H groups in total. The molecule has 1 saturated heterocycles. The van der Waals surface area contributed by atoms with Crippen molar-refractivity contribution in [2.45, 2.75) is 45.3 Å². The summed E-state index contributed by atoms with van der Waals surface area (Å²) in [6, 6.07) is 7.66. The minimum absolute atomic E-state index is 0.0690. The fraction of sp³-hybridized carbons (Fsp3) is 0.471. The van der Waals surface area contributed by atoms with Gasteiger partial charge >= 0.3 is 0 Å². The van der Waals surface area contributed by atoms with Gasteiger partial charge in [0.15, 0.2) is 0 Å². The average molecular weight is 271 g/mol. The molecular weight excluding hydrogens is 250 g/mol. The Morgan fingerprint density at radius 3 is 2.95 bits per heavy atom. The van der Waals surface area contributed by atoms with Gasteiger partial charge in [0.1, 0.15) is 0 Å². The van der Waals surface area contributed by atoms with Crippen molar-refractivity contribution in [3.63, 3.8) is 0 Å². The van der Waals surface area contributed by atoms with Crippen LogP contribution in [-0.4, -0.2) is 24.7 Å². The lowest BCUT2D eigenvalue weighted by molar-refractivity contribution is -0.121. The quantitative estimate of drug-likeness (QED) is 0.788. The van der Waals surface area contributed by atoms with E-state index in [9.17, 15) is 4.79 Å². The number of carbonyl (C=O) groups excluding carboxylic acids is 1. The van der Waals surface area contributed by atoms with Crippen molar-refractivity contribution in [2.24, 2.45) is 0 Å². The topological polar surface area (TPSA) is 29.5 Å². The maximum atomic E-state index is 12.5. The predicted molar refractivity (Wildman–Crippen MR) is 80.6 cm³/mol. The average Bonchev–Trinajstić information content (AvgIpc) is 2.91. The largest absolute Gasteiger partial charge is 0.378 e. The summed E-state index contributed by atoms with van der Waals surface area (Å²) < 4.78 is 5.55. The van der Waals surface area contributed by atoms with Crippen LogP contribution in [0.2, 0.25) is 0 Å². The second kappa shape index (κ2) is 6.58. The van der Waals surface area contributed by atoms with Crippen molar-refractivity contribution in [3.8, 4) is 12.3 Å². The molecule has 1 atom stereocenters. The van der Waals surface area contributed by atoms with Gasteiger partial charge in [-0.1, -0.05) is 12.0 Å². The Hall–Kier alpha value is -1.79. The first-order chi connectivity index (χ1) is 9.61. The van der Waals surface area contributed by atoms with Gasteiger partial charge in [0.2, 0.25) is 5.91 Å². The summed E-state index contributed by atoms with van der Waals surface area (Å²) in [5, 5.41) is 0. The summed E-state index contributed by atoms with van der Waals surface area (Å²) in [6.07, 6.45) is 7.96. The predicted octanol–water partition coefficient (Wildman–Crippen LogP) is 2.98. The third kappa shape index (κ3) is 3.40. The molecule has 3 heteroatoms. The van der Waals surface area contributed by atoms with E-state index in [1.807, 2.05) is 43.0 Å². The Morgan fingerprint density at radius 2 is 2.35 bits per heavy atom. The van der Waals surface area contributed by atoms with Crippen LogP contribution < -0.4 is 4.90 Å². The SMILES string of the molecule is C#Cc1cccc(N(C(=O)CC2CCCO2)C(C)C)c1. The summed E-state index contributed by atoms with van der Waals surface area (Å²) in [4.78, 5) is 14.3. The van der Waals surface area contributed by atoms with Crippen molar-refractivity contribution in [3.05, 3.63) is 29.8 Å². The maximum Gasteiger partial charge on any atom is 0.229 e. The number of terminal acetylenes is 1. The number of rotatable bonds is 4. The van der Waals surface area contributed by atoms with Gasteiger partial charge in [0, 0.05) is 23.9 Å². The molecule has 0 aromatic heterocycles. The first-order valence-electron chi connectivity index (χ1n) is 7.12. The van der Waals surface area contributed by atoms with E-state index in [1.165, 1.54) is 0 Å². The molecule has 0 radical (unpaired) electrons. The number of ether oxygens (including phenoxy) is 1. The fourth-order valence-electron chi connectivity index (χ4n) is 2.57. The van der Waals surface area contributed by atoms with Gasteiger partial charge in [-0.05, 0) is 44.9 Å². The smallest absolute Gasteiger partial charge is 0.229 e. The van der Waals surface area contributed by atoms with Crippen LogP contribution in [-0.2, 0) is 9.53 Å². The molecule has 0 bridgehead atoms. The molecule has 0 aliphatic carbocycles. The molecule has 1 aromatic rings. The van der Waals surface area contributed by atoms with Gasteiger partial charge in [-0.15, -0.1) is 6.42 Å². The van der Waals surface area contributed by atoms with Crippen LogP contribution in [0.25, 0.3) is 0 Å². The molecule has 1 unspecified atom stereocenters. The van der Waals surface area contributed by atoms with Crippen molar-refractivity contribution in [1.29, 1.82) is 0 Å². The van der Waals surface area contributed by atoms with Crippen LogP contribution in [0, 0.1) is 12.3 Å². The summed E-state index contributed by atoms with van der Waals surface area (Å²) in [7, 11) is 0. The Morgan fingerprint density at radius 1 is 1.55 bits per heavy atom. The number of hydrogen-bond donors (Lipinski definition) is 0. The molecule has 0 saturated carbocycles. The molecule has 1 heterocycles. The lowest BCUT2D eigenvalue weighted by Gasteiger charge is -2.28. The molecule has 1 aliphatic heterocycles. The summed E-state index contributed by atoms with van der Waals surface area (Å²) in [5.41, 5.74) is 1.65. The highest BCUT2D eigenvalue weighted by atomic mass is 16.5. The van der Waals surface area contributed by atoms with Crippen LogP contribution in [0.5, 0.6) is 0 Å². The lowest BCUT2D eigenvalue weighted by atomic mass is 10.1. The van der Waals surface area contributed by atoms with Gasteiger partial charge < -0.3 is 9.64 Å². The van der Waals surface area contributed by atoms with Gasteiger partial charge in [-0.25, -0.2) is 0 Å². The first kappa shape index (κ1) is 14.6. The third-order valence-corrected chi connectivity index (χ3v) is 3.50. The Bertz CT molecular complexity index is 510. The molecule has 3 nitrogen and oxygen atoms in total. The van der Waals surface area contributed by atoms with Crippen LogP contribution >= 0.6 is 0 Å². The molecule has 0 spiro atoms. The van der Waals surface area contributed by atoms with E-state index < -0.39 is 0 Å².